The highest BCUT2D eigenvalue weighted by atomic mass is 16.4. The molecule has 0 saturated heterocycles. The topological polar surface area (TPSA) is 62.6 Å². The first-order valence-corrected chi connectivity index (χ1v) is 10.5. The van der Waals surface area contributed by atoms with Crippen LogP contribution in [0.15, 0.2) is 45.6 Å². The number of nitrogens with zero attached hydrogens (tertiary/aromatic N) is 1. The predicted octanol–water partition coefficient (Wildman–Crippen LogP) is 3.73. The van der Waals surface area contributed by atoms with Crippen LogP contribution in [0.1, 0.15) is 59.3 Å². The fraction of sp³-hybridized carbons (Fsp3) is 0.500. The second-order valence-corrected chi connectivity index (χ2v) is 8.41. The first kappa shape index (κ1) is 21.3. The quantitative estimate of drug-likeness (QED) is 0.739. The third-order valence-corrected chi connectivity index (χ3v) is 6.22. The summed E-state index contributed by atoms with van der Waals surface area (Å²) in [4.78, 5) is 27.4. The number of likely N-dealkylation sites (N-methyl/N-ethyl adjacent to an activating group) is 1. The molecule has 0 unspecified atom stereocenters. The number of hydrogen-bond acceptors (Lipinski definition) is 4. The molecule has 2 aromatic rings. The van der Waals surface area contributed by atoms with E-state index in [9.17, 15) is 9.59 Å². The Morgan fingerprint density at radius 3 is 2.45 bits per heavy atom. The van der Waals surface area contributed by atoms with Gasteiger partial charge in [0.15, 0.2) is 0 Å². The molecule has 5 nitrogen and oxygen atoms in total. The lowest BCUT2D eigenvalue weighted by atomic mass is 9.95. The predicted molar refractivity (Wildman–Crippen MR) is 115 cm³/mol. The van der Waals surface area contributed by atoms with Crippen molar-refractivity contribution in [3.05, 3.63) is 69.3 Å². The van der Waals surface area contributed by atoms with Crippen LogP contribution in [0.25, 0.3) is 0 Å². The maximum absolute atomic E-state index is 12.7. The Bertz CT molecular complexity index is 881. The highest BCUT2D eigenvalue weighted by Gasteiger charge is 2.36. The molecule has 156 valence electrons. The standard InChI is InChI=1S/C24H32N2O3/c1-18-16-20(13-9-12-19-10-5-4-6-11-19)29-23(28)21(18)22(27)25-17-24(26(2)3)14-7-8-15-24/h4-6,10-11,16H,7-9,12-15,17H2,1-3H3,(H,25,27). The van der Waals surface area contributed by atoms with Crippen LogP contribution in [0.4, 0.5) is 0 Å². The first-order valence-electron chi connectivity index (χ1n) is 10.5. The Morgan fingerprint density at radius 1 is 1.14 bits per heavy atom. The van der Waals surface area contributed by atoms with Gasteiger partial charge in [0.1, 0.15) is 11.3 Å². The van der Waals surface area contributed by atoms with Crippen LogP contribution in [0, 0.1) is 6.92 Å². The lowest BCUT2D eigenvalue weighted by molar-refractivity contribution is 0.0895. The average molecular weight is 397 g/mol. The van der Waals surface area contributed by atoms with Crippen molar-refractivity contribution in [3.8, 4) is 0 Å². The van der Waals surface area contributed by atoms with Gasteiger partial charge in [0.2, 0.25) is 0 Å². The van der Waals surface area contributed by atoms with Crippen LogP contribution in [-0.2, 0) is 12.8 Å². The third kappa shape index (κ3) is 5.15. The molecule has 1 aliphatic rings. The molecule has 1 aliphatic carbocycles. The third-order valence-electron chi connectivity index (χ3n) is 6.22. The number of carbonyl (C=O) groups is 1. The maximum Gasteiger partial charge on any atom is 0.349 e. The van der Waals surface area contributed by atoms with Crippen molar-refractivity contribution in [2.45, 2.75) is 57.4 Å². The molecule has 0 radical (unpaired) electrons. The van der Waals surface area contributed by atoms with Crippen LogP contribution in [-0.4, -0.2) is 37.0 Å². The van der Waals surface area contributed by atoms with E-state index in [2.05, 4.69) is 36.4 Å². The molecule has 1 aromatic heterocycles. The van der Waals surface area contributed by atoms with Crippen LogP contribution >= 0.6 is 0 Å². The second-order valence-electron chi connectivity index (χ2n) is 8.41. The Balaban J connectivity index is 1.62. The van der Waals surface area contributed by atoms with Crippen molar-refractivity contribution in [1.29, 1.82) is 0 Å². The fourth-order valence-electron chi connectivity index (χ4n) is 4.33. The summed E-state index contributed by atoms with van der Waals surface area (Å²) in [6.45, 7) is 2.36. The van der Waals surface area contributed by atoms with Gasteiger partial charge in [0, 0.05) is 18.5 Å². The lowest BCUT2D eigenvalue weighted by Crippen LogP contribution is -2.51. The molecule has 1 amide bonds. The highest BCUT2D eigenvalue weighted by Crippen LogP contribution is 2.33. The fourth-order valence-corrected chi connectivity index (χ4v) is 4.33. The van der Waals surface area contributed by atoms with E-state index in [1.807, 2.05) is 31.2 Å². The minimum Gasteiger partial charge on any atom is -0.427 e. The van der Waals surface area contributed by atoms with E-state index in [4.69, 9.17) is 4.42 Å². The van der Waals surface area contributed by atoms with E-state index in [-0.39, 0.29) is 17.0 Å². The van der Waals surface area contributed by atoms with Crippen molar-refractivity contribution in [2.24, 2.45) is 0 Å². The Labute approximate surface area is 173 Å². The molecule has 1 saturated carbocycles. The molecule has 5 heteroatoms. The van der Waals surface area contributed by atoms with E-state index in [0.29, 0.717) is 24.3 Å². The Hall–Kier alpha value is -2.40. The summed E-state index contributed by atoms with van der Waals surface area (Å²) in [7, 11) is 4.11. The zero-order valence-electron chi connectivity index (χ0n) is 17.8. The monoisotopic (exact) mass is 396 g/mol. The van der Waals surface area contributed by atoms with Gasteiger partial charge < -0.3 is 14.6 Å². The molecular formula is C24H32N2O3. The maximum atomic E-state index is 12.7. The summed E-state index contributed by atoms with van der Waals surface area (Å²) in [6, 6.07) is 12.1. The summed E-state index contributed by atoms with van der Waals surface area (Å²) < 4.78 is 5.47. The van der Waals surface area contributed by atoms with E-state index in [1.54, 1.807) is 0 Å². The lowest BCUT2D eigenvalue weighted by Gasteiger charge is -2.36. The van der Waals surface area contributed by atoms with Crippen LogP contribution in [0.3, 0.4) is 0 Å². The highest BCUT2D eigenvalue weighted by molar-refractivity contribution is 5.95. The van der Waals surface area contributed by atoms with E-state index in [0.717, 1.165) is 25.7 Å². The number of amides is 1. The molecule has 1 aromatic carbocycles. The number of carbonyl (C=O) groups excluding carboxylic acids is 1. The molecule has 1 heterocycles. The van der Waals surface area contributed by atoms with Gasteiger partial charge >= 0.3 is 5.63 Å². The van der Waals surface area contributed by atoms with Crippen molar-refractivity contribution in [1.82, 2.24) is 10.2 Å². The normalized spacial score (nSPS) is 15.6. The van der Waals surface area contributed by atoms with E-state index in [1.165, 1.54) is 18.4 Å². The molecule has 0 bridgehead atoms. The first-order chi connectivity index (χ1) is 13.9. The molecule has 1 N–H and O–H groups in total. The summed E-state index contributed by atoms with van der Waals surface area (Å²) in [5, 5.41) is 2.99. The minimum atomic E-state index is -0.539. The van der Waals surface area contributed by atoms with Crippen LogP contribution in [0.5, 0.6) is 0 Å². The number of rotatable bonds is 8. The van der Waals surface area contributed by atoms with Gasteiger partial charge in [-0.2, -0.15) is 0 Å². The van der Waals surface area contributed by atoms with Crippen molar-refractivity contribution in [2.75, 3.05) is 20.6 Å². The van der Waals surface area contributed by atoms with Gasteiger partial charge in [-0.15, -0.1) is 0 Å². The second kappa shape index (κ2) is 9.40. The molecule has 0 aliphatic heterocycles. The zero-order valence-corrected chi connectivity index (χ0v) is 17.8. The molecule has 29 heavy (non-hydrogen) atoms. The smallest absolute Gasteiger partial charge is 0.349 e. The van der Waals surface area contributed by atoms with Gasteiger partial charge in [0.05, 0.1) is 0 Å². The number of aryl methyl sites for hydroxylation is 3. The summed E-state index contributed by atoms with van der Waals surface area (Å²) in [5.41, 5.74) is 1.52. The Kier molecular flexibility index (Phi) is 6.91. The largest absolute Gasteiger partial charge is 0.427 e. The average Bonchev–Trinajstić information content (AvgIpc) is 3.17. The summed E-state index contributed by atoms with van der Waals surface area (Å²) >= 11 is 0. The molecule has 1 fully saturated rings. The number of nitrogens with one attached hydrogen (secondary N) is 1. The summed E-state index contributed by atoms with van der Waals surface area (Å²) in [5.74, 6) is 0.306. The van der Waals surface area contributed by atoms with Crippen LogP contribution < -0.4 is 10.9 Å². The van der Waals surface area contributed by atoms with Crippen molar-refractivity contribution < 1.29 is 9.21 Å². The van der Waals surface area contributed by atoms with Crippen molar-refractivity contribution in [3.63, 3.8) is 0 Å². The molecular weight excluding hydrogens is 364 g/mol. The van der Waals surface area contributed by atoms with E-state index < -0.39 is 5.63 Å². The van der Waals surface area contributed by atoms with Gasteiger partial charge in [-0.1, -0.05) is 43.2 Å². The van der Waals surface area contributed by atoms with E-state index >= 15 is 0 Å². The number of hydrogen-bond donors (Lipinski definition) is 1. The molecule has 0 spiro atoms. The minimum absolute atomic E-state index is 0.0128. The van der Waals surface area contributed by atoms with Crippen molar-refractivity contribution >= 4 is 5.91 Å². The summed E-state index contributed by atoms with van der Waals surface area (Å²) in [6.07, 6.45) is 6.97. The van der Waals surface area contributed by atoms with Crippen LogP contribution in [0.2, 0.25) is 0 Å². The Morgan fingerprint density at radius 2 is 1.83 bits per heavy atom. The molecule has 3 rings (SSSR count). The SMILES string of the molecule is Cc1cc(CCCc2ccccc2)oc(=O)c1C(=O)NCC1(N(C)C)CCCC1. The number of benzene rings is 1. The van der Waals surface area contributed by atoms with Gasteiger partial charge in [0.25, 0.3) is 5.91 Å². The van der Waals surface area contributed by atoms with Gasteiger partial charge in [-0.3, -0.25) is 4.79 Å². The van der Waals surface area contributed by atoms with Gasteiger partial charge in [-0.05, 0) is 63.9 Å². The zero-order chi connectivity index (χ0) is 20.9. The van der Waals surface area contributed by atoms with Gasteiger partial charge in [-0.25, -0.2) is 4.79 Å². The molecule has 0 atom stereocenters.